The summed E-state index contributed by atoms with van der Waals surface area (Å²) in [5.41, 5.74) is 0.488. The fraction of sp³-hybridized carbons (Fsp3) is 0.900. The van der Waals surface area contributed by atoms with Crippen LogP contribution in [0.25, 0.3) is 0 Å². The topological polar surface area (TPSA) is 17.1 Å². The number of aldehydes is 1. The van der Waals surface area contributed by atoms with Crippen LogP contribution in [0.1, 0.15) is 26.7 Å². The van der Waals surface area contributed by atoms with Crippen molar-refractivity contribution < 1.29 is 4.79 Å². The second-order valence-electron chi connectivity index (χ2n) is 5.06. The van der Waals surface area contributed by atoms with Gasteiger partial charge in [0.05, 0.1) is 0 Å². The Labute approximate surface area is 67.2 Å². The van der Waals surface area contributed by atoms with Crippen LogP contribution in [0.4, 0.5) is 0 Å². The zero-order valence-corrected chi connectivity index (χ0v) is 7.13. The van der Waals surface area contributed by atoms with E-state index in [-0.39, 0.29) is 5.41 Å². The van der Waals surface area contributed by atoms with Crippen LogP contribution < -0.4 is 0 Å². The molecule has 0 N–H and O–H groups in total. The molecule has 0 aromatic carbocycles. The average molecular weight is 150 g/mol. The van der Waals surface area contributed by atoms with Gasteiger partial charge in [-0.25, -0.2) is 0 Å². The summed E-state index contributed by atoms with van der Waals surface area (Å²) in [6.07, 6.45) is 3.93. The smallest absolute Gasteiger partial charge is 0.126 e. The Kier molecular flexibility index (Phi) is 0.733. The van der Waals surface area contributed by atoms with Gasteiger partial charge in [-0.05, 0) is 36.0 Å². The van der Waals surface area contributed by atoms with E-state index in [0.717, 1.165) is 17.8 Å². The molecule has 4 aliphatic rings. The van der Waals surface area contributed by atoms with E-state index in [4.69, 9.17) is 0 Å². The summed E-state index contributed by atoms with van der Waals surface area (Å²) in [6, 6.07) is 0. The molecule has 4 saturated carbocycles. The summed E-state index contributed by atoms with van der Waals surface area (Å²) < 4.78 is 0. The van der Waals surface area contributed by atoms with Crippen LogP contribution in [0.15, 0.2) is 0 Å². The average Bonchev–Trinajstić information content (AvgIpc) is 2.42. The molecule has 0 aromatic heterocycles. The molecule has 3 atom stereocenters. The van der Waals surface area contributed by atoms with Crippen molar-refractivity contribution in [3.8, 4) is 0 Å². The van der Waals surface area contributed by atoms with Gasteiger partial charge in [-0.3, -0.25) is 0 Å². The number of carbonyl (C=O) groups is 1. The van der Waals surface area contributed by atoms with Crippen LogP contribution in [0.5, 0.6) is 0 Å². The Bertz CT molecular complexity index is 233. The molecule has 11 heavy (non-hydrogen) atoms. The fourth-order valence-electron chi connectivity index (χ4n) is 4.18. The fourth-order valence-corrected chi connectivity index (χ4v) is 4.18. The zero-order chi connectivity index (χ0) is 7.85. The van der Waals surface area contributed by atoms with Crippen molar-refractivity contribution in [2.75, 3.05) is 0 Å². The number of hydrogen-bond donors (Lipinski definition) is 0. The molecule has 4 bridgehead atoms. The SMILES string of the molecule is CC1(C=O)C2CC3C(C2)C31C. The van der Waals surface area contributed by atoms with Crippen molar-refractivity contribution in [3.05, 3.63) is 0 Å². The van der Waals surface area contributed by atoms with Gasteiger partial charge in [0, 0.05) is 5.41 Å². The van der Waals surface area contributed by atoms with Gasteiger partial charge in [-0.2, -0.15) is 0 Å². The van der Waals surface area contributed by atoms with E-state index in [0.29, 0.717) is 5.41 Å². The summed E-state index contributed by atoms with van der Waals surface area (Å²) in [6.45, 7) is 4.50. The molecule has 0 heterocycles. The molecule has 60 valence electrons. The molecular weight excluding hydrogens is 136 g/mol. The lowest BCUT2D eigenvalue weighted by molar-refractivity contribution is -0.119. The Hall–Kier alpha value is -0.330. The van der Waals surface area contributed by atoms with Gasteiger partial charge < -0.3 is 4.79 Å². The number of carbonyl (C=O) groups excluding carboxylic acids is 1. The van der Waals surface area contributed by atoms with Crippen LogP contribution in [-0.2, 0) is 4.79 Å². The predicted octanol–water partition coefficient (Wildman–Crippen LogP) is 1.87. The maximum Gasteiger partial charge on any atom is 0.126 e. The van der Waals surface area contributed by atoms with Crippen LogP contribution in [0.3, 0.4) is 0 Å². The molecule has 0 saturated heterocycles. The first-order valence-electron chi connectivity index (χ1n) is 4.61. The molecule has 0 amide bonds. The standard InChI is InChI=1S/C10H14O/c1-9(5-11)6-3-7-8(4-6)10(7,9)2/h5-8H,3-4H2,1-2H3. The third kappa shape index (κ3) is 0.361. The van der Waals surface area contributed by atoms with Crippen LogP contribution in [0.2, 0.25) is 0 Å². The Morgan fingerprint density at radius 1 is 1.27 bits per heavy atom. The van der Waals surface area contributed by atoms with Gasteiger partial charge in [-0.1, -0.05) is 13.8 Å². The minimum atomic E-state index is 0.0579. The van der Waals surface area contributed by atoms with Crippen molar-refractivity contribution in [2.45, 2.75) is 26.7 Å². The zero-order valence-electron chi connectivity index (χ0n) is 7.13. The lowest BCUT2D eigenvalue weighted by Crippen LogP contribution is -2.28. The molecule has 4 rings (SSSR count). The molecule has 3 unspecified atom stereocenters. The summed E-state index contributed by atoms with van der Waals surface area (Å²) in [5.74, 6) is 2.57. The van der Waals surface area contributed by atoms with Crippen LogP contribution >= 0.6 is 0 Å². The lowest BCUT2D eigenvalue weighted by atomic mass is 9.76. The molecule has 1 heteroatoms. The van der Waals surface area contributed by atoms with E-state index in [1.54, 1.807) is 0 Å². The highest BCUT2D eigenvalue weighted by Crippen LogP contribution is 2.85. The Balaban J connectivity index is 2.16. The van der Waals surface area contributed by atoms with Gasteiger partial charge in [0.2, 0.25) is 0 Å². The monoisotopic (exact) mass is 150 g/mol. The van der Waals surface area contributed by atoms with E-state index >= 15 is 0 Å². The molecule has 0 aromatic rings. The second kappa shape index (κ2) is 1.30. The second-order valence-corrected chi connectivity index (χ2v) is 5.06. The minimum absolute atomic E-state index is 0.0579. The van der Waals surface area contributed by atoms with E-state index in [2.05, 4.69) is 13.8 Å². The van der Waals surface area contributed by atoms with Gasteiger partial charge in [-0.15, -0.1) is 0 Å². The van der Waals surface area contributed by atoms with Crippen molar-refractivity contribution in [3.63, 3.8) is 0 Å². The third-order valence-electron chi connectivity index (χ3n) is 5.25. The summed E-state index contributed by atoms with van der Waals surface area (Å²) in [7, 11) is 0. The first kappa shape index (κ1) is 6.22. The summed E-state index contributed by atoms with van der Waals surface area (Å²) in [4.78, 5) is 11.0. The predicted molar refractivity (Wildman–Crippen MR) is 42.0 cm³/mol. The van der Waals surface area contributed by atoms with Crippen LogP contribution in [-0.4, -0.2) is 6.29 Å². The van der Waals surface area contributed by atoms with Crippen molar-refractivity contribution in [2.24, 2.45) is 28.6 Å². The van der Waals surface area contributed by atoms with Gasteiger partial charge >= 0.3 is 0 Å². The molecule has 0 spiro atoms. The van der Waals surface area contributed by atoms with Gasteiger partial charge in [0.15, 0.2) is 0 Å². The molecule has 0 aliphatic heterocycles. The van der Waals surface area contributed by atoms with Crippen molar-refractivity contribution in [1.82, 2.24) is 0 Å². The largest absolute Gasteiger partial charge is 0.303 e. The maximum atomic E-state index is 11.0. The molecule has 0 radical (unpaired) electrons. The minimum Gasteiger partial charge on any atom is -0.303 e. The molecular formula is C10H14O. The van der Waals surface area contributed by atoms with Crippen molar-refractivity contribution >= 4 is 6.29 Å². The first-order chi connectivity index (χ1) is 5.14. The number of hydrogen-bond acceptors (Lipinski definition) is 1. The van der Waals surface area contributed by atoms with Gasteiger partial charge in [0.1, 0.15) is 6.29 Å². The quantitative estimate of drug-likeness (QED) is 0.521. The highest BCUT2D eigenvalue weighted by molar-refractivity contribution is 5.66. The third-order valence-corrected chi connectivity index (χ3v) is 5.25. The Morgan fingerprint density at radius 2 is 1.82 bits per heavy atom. The number of rotatable bonds is 1. The highest BCUT2D eigenvalue weighted by Gasteiger charge is 2.81. The summed E-state index contributed by atoms with van der Waals surface area (Å²) in [5, 5.41) is 0. The van der Waals surface area contributed by atoms with Gasteiger partial charge in [0.25, 0.3) is 0 Å². The van der Waals surface area contributed by atoms with E-state index in [1.807, 2.05) is 0 Å². The molecule has 4 aliphatic carbocycles. The van der Waals surface area contributed by atoms with E-state index in [9.17, 15) is 4.79 Å². The summed E-state index contributed by atoms with van der Waals surface area (Å²) >= 11 is 0. The van der Waals surface area contributed by atoms with Crippen molar-refractivity contribution in [1.29, 1.82) is 0 Å². The Morgan fingerprint density at radius 3 is 2.00 bits per heavy atom. The first-order valence-corrected chi connectivity index (χ1v) is 4.61. The van der Waals surface area contributed by atoms with E-state index in [1.165, 1.54) is 19.1 Å². The normalized spacial score (nSPS) is 70.2. The highest BCUT2D eigenvalue weighted by atomic mass is 16.1. The lowest BCUT2D eigenvalue weighted by Gasteiger charge is -2.26. The molecule has 4 fully saturated rings. The maximum absolute atomic E-state index is 11.0. The molecule has 1 nitrogen and oxygen atoms in total. The van der Waals surface area contributed by atoms with Crippen LogP contribution in [0, 0.1) is 28.6 Å². The van der Waals surface area contributed by atoms with E-state index < -0.39 is 0 Å².